The molecule has 0 radical (unpaired) electrons. The molecule has 1 aromatic rings. The molecule has 4 atom stereocenters. The molecular weight excluding hydrogens is 278 g/mol. The van der Waals surface area contributed by atoms with Crippen LogP contribution in [0.4, 0.5) is 0 Å². The molecular formula is C18H21NO3. The SMILES string of the molecule is [2H]c1c([2H])c(OC([2H])([2H])[2H])c2c3c1C[C@@]1([2H])N(C([2H])([2H])[2H])CC[C@@]34C(O2)C(=O)CC[C@]41[2H]. The van der Waals surface area contributed by atoms with Crippen molar-refractivity contribution in [3.05, 3.63) is 23.2 Å². The molecule has 1 saturated heterocycles. The molecule has 1 spiro atoms. The predicted molar refractivity (Wildman–Crippen MR) is 81.6 cm³/mol. The van der Waals surface area contributed by atoms with Crippen molar-refractivity contribution in [2.45, 2.75) is 43.2 Å². The number of hydrogen-bond donors (Lipinski definition) is 0. The van der Waals surface area contributed by atoms with E-state index in [1.165, 1.54) is 0 Å². The third kappa shape index (κ3) is 1.27. The number of likely N-dealkylation sites (N-methyl/N-ethyl adjacent to an activating group) is 1. The largest absolute Gasteiger partial charge is 0.493 e. The van der Waals surface area contributed by atoms with Crippen LogP contribution in [0.15, 0.2) is 12.1 Å². The fourth-order valence-corrected chi connectivity index (χ4v) is 4.66. The lowest BCUT2D eigenvalue weighted by Gasteiger charge is -2.57. The second-order valence-electron chi connectivity index (χ2n) is 6.30. The highest BCUT2D eigenvalue weighted by Crippen LogP contribution is 2.62. The Bertz CT molecular complexity index is 1060. The van der Waals surface area contributed by atoms with Gasteiger partial charge in [0, 0.05) is 30.3 Å². The molecule has 2 aliphatic carbocycles. The Kier molecular flexibility index (Phi) is 1.20. The summed E-state index contributed by atoms with van der Waals surface area (Å²) in [6, 6.07) is -2.98. The summed E-state index contributed by atoms with van der Waals surface area (Å²) < 4.78 is 92.9. The van der Waals surface area contributed by atoms with E-state index in [2.05, 4.69) is 0 Å². The van der Waals surface area contributed by atoms with Crippen LogP contribution in [-0.2, 0) is 16.6 Å². The van der Waals surface area contributed by atoms with Crippen molar-refractivity contribution >= 4 is 5.78 Å². The Morgan fingerprint density at radius 1 is 1.59 bits per heavy atom. The predicted octanol–water partition coefficient (Wildman–Crippen LogP) is 1.93. The summed E-state index contributed by atoms with van der Waals surface area (Å²) in [6.45, 7) is -2.78. The van der Waals surface area contributed by atoms with Crippen LogP contribution in [0.3, 0.4) is 0 Å². The van der Waals surface area contributed by atoms with Crippen LogP contribution in [0.2, 0.25) is 0 Å². The summed E-state index contributed by atoms with van der Waals surface area (Å²) in [5.41, 5.74) is -1.02. The van der Waals surface area contributed by atoms with E-state index in [0.29, 0.717) is 0 Å². The smallest absolute Gasteiger partial charge is 0.174 e. The van der Waals surface area contributed by atoms with Gasteiger partial charge in [-0.25, -0.2) is 0 Å². The lowest BCUT2D eigenvalue weighted by Crippen LogP contribution is -2.65. The average Bonchev–Trinajstić information content (AvgIpc) is 2.98. The Labute approximate surface area is 144 Å². The first kappa shape index (κ1) is 6.52. The summed E-state index contributed by atoms with van der Waals surface area (Å²) >= 11 is 0. The molecule has 116 valence electrons. The van der Waals surface area contributed by atoms with Gasteiger partial charge in [0.1, 0.15) is 0 Å². The Hall–Kier alpha value is -1.55. The van der Waals surface area contributed by atoms with Crippen LogP contribution in [0, 0.1) is 5.89 Å². The van der Waals surface area contributed by atoms with Crippen LogP contribution in [0.25, 0.3) is 0 Å². The summed E-state index contributed by atoms with van der Waals surface area (Å²) in [5.74, 6) is -2.72. The van der Waals surface area contributed by atoms with Gasteiger partial charge in [0.05, 0.1) is 13.9 Å². The minimum Gasteiger partial charge on any atom is -0.493 e. The molecule has 2 heterocycles. The van der Waals surface area contributed by atoms with Crippen LogP contribution in [0.1, 0.15) is 44.1 Å². The van der Waals surface area contributed by atoms with E-state index >= 15 is 0 Å². The monoisotopic (exact) mass is 309 g/mol. The molecule has 1 unspecified atom stereocenters. The first-order chi connectivity index (χ1) is 14.6. The van der Waals surface area contributed by atoms with Crippen LogP contribution < -0.4 is 9.47 Å². The summed E-state index contributed by atoms with van der Waals surface area (Å²) in [6.07, 6.45) is -1.71. The molecule has 4 nitrogen and oxygen atoms in total. The van der Waals surface area contributed by atoms with Crippen LogP contribution >= 0.6 is 0 Å². The van der Waals surface area contributed by atoms with E-state index < -0.39 is 55.3 Å². The van der Waals surface area contributed by atoms with Gasteiger partial charge in [0.25, 0.3) is 0 Å². The molecule has 0 N–H and O–H groups in total. The van der Waals surface area contributed by atoms with E-state index in [1.54, 1.807) is 0 Å². The zero-order valence-electron chi connectivity index (χ0n) is 21.8. The minimum absolute atomic E-state index is 0.00984. The van der Waals surface area contributed by atoms with Crippen molar-refractivity contribution in [2.75, 3.05) is 20.6 Å². The van der Waals surface area contributed by atoms with Crippen LogP contribution in [0.5, 0.6) is 11.5 Å². The molecule has 2 aliphatic heterocycles. The molecule has 0 aromatic heterocycles. The number of carbonyl (C=O) groups is 1. The van der Waals surface area contributed by atoms with Gasteiger partial charge in [0.15, 0.2) is 23.4 Å². The summed E-state index contributed by atoms with van der Waals surface area (Å²) in [4.78, 5) is 14.0. The van der Waals surface area contributed by atoms with E-state index in [-0.39, 0.29) is 54.9 Å². The molecule has 22 heavy (non-hydrogen) atoms. The van der Waals surface area contributed by atoms with Crippen molar-refractivity contribution in [1.29, 1.82) is 0 Å². The maximum Gasteiger partial charge on any atom is 0.174 e. The standard InChI is InChI=1S/C18H21NO3/c1-19-8-7-18-11-4-5-13(20)17(18)22-16-14(21-2)6-3-10(15(16)18)9-12(11)19/h3,6,11-12,17H,4-5,7-9H2,1-2H3/t11-,12+,17?,18-/m0/s1/i1D3,2D3,3D,6D,11D,12D. The Morgan fingerprint density at radius 3 is 3.41 bits per heavy atom. The first-order valence-corrected chi connectivity index (χ1v) is 7.41. The van der Waals surface area contributed by atoms with Crippen LogP contribution in [-0.4, -0.2) is 43.4 Å². The van der Waals surface area contributed by atoms with Gasteiger partial charge in [-0.2, -0.15) is 0 Å². The minimum atomic E-state index is -2.94. The topological polar surface area (TPSA) is 38.8 Å². The number of ether oxygens (including phenoxy) is 2. The fraction of sp³-hybridized carbons (Fsp3) is 0.611. The molecule has 1 saturated carbocycles. The molecule has 4 aliphatic rings. The Morgan fingerprint density at radius 2 is 2.55 bits per heavy atom. The number of benzene rings is 1. The lowest BCUT2D eigenvalue weighted by atomic mass is 9.52. The van der Waals surface area contributed by atoms with Gasteiger partial charge in [0.2, 0.25) is 0 Å². The van der Waals surface area contributed by atoms with E-state index in [9.17, 15) is 7.54 Å². The highest BCUT2D eigenvalue weighted by molar-refractivity contribution is 5.89. The molecule has 4 heteroatoms. The van der Waals surface area contributed by atoms with E-state index in [0.717, 1.165) is 4.90 Å². The van der Waals surface area contributed by atoms with Crippen molar-refractivity contribution in [3.8, 4) is 11.5 Å². The second kappa shape index (κ2) is 4.05. The van der Waals surface area contributed by atoms with E-state index in [4.69, 9.17) is 20.4 Å². The molecule has 2 bridgehead atoms. The van der Waals surface area contributed by atoms with Gasteiger partial charge in [-0.3, -0.25) is 4.79 Å². The lowest BCUT2D eigenvalue weighted by molar-refractivity contribution is -0.138. The summed E-state index contributed by atoms with van der Waals surface area (Å²) in [7, 11) is -2.94. The van der Waals surface area contributed by atoms with Crippen molar-refractivity contribution < 1.29 is 28.0 Å². The average molecular weight is 309 g/mol. The maximum atomic E-state index is 13.0. The van der Waals surface area contributed by atoms with Gasteiger partial charge in [-0.05, 0) is 50.3 Å². The highest BCUT2D eigenvalue weighted by Gasteiger charge is 2.65. The number of ketones is 1. The quantitative estimate of drug-likeness (QED) is 0.795. The first-order valence-electron chi connectivity index (χ1n) is 12.4. The van der Waals surface area contributed by atoms with E-state index in [1.807, 2.05) is 0 Å². The van der Waals surface area contributed by atoms with Gasteiger partial charge in [-0.1, -0.05) is 6.04 Å². The van der Waals surface area contributed by atoms with Crippen molar-refractivity contribution in [3.63, 3.8) is 0 Å². The third-order valence-electron chi connectivity index (χ3n) is 5.49. The second-order valence-corrected chi connectivity index (χ2v) is 6.30. The molecule has 0 amide bonds. The zero-order valence-corrected chi connectivity index (χ0v) is 11.8. The number of likely N-dealkylation sites (tertiary alicyclic amines) is 1. The maximum absolute atomic E-state index is 13.0. The number of piperidine rings is 1. The number of hydrogen-bond acceptors (Lipinski definition) is 4. The number of nitrogens with zero attached hydrogens (tertiary/aromatic N) is 1. The molecule has 2 fully saturated rings. The normalized spacial score (nSPS) is 52.9. The zero-order chi connectivity index (χ0) is 23.6. The number of rotatable bonds is 1. The van der Waals surface area contributed by atoms with Gasteiger partial charge < -0.3 is 14.4 Å². The highest BCUT2D eigenvalue weighted by atomic mass is 16.5. The van der Waals surface area contributed by atoms with Gasteiger partial charge in [-0.15, -0.1) is 0 Å². The fourth-order valence-electron chi connectivity index (χ4n) is 4.66. The number of Topliss-reactive ketones (excluding diaryl/α,β-unsaturated/α-hetero) is 1. The third-order valence-corrected chi connectivity index (χ3v) is 5.49. The van der Waals surface area contributed by atoms with Crippen molar-refractivity contribution in [1.82, 2.24) is 4.90 Å². The van der Waals surface area contributed by atoms with Gasteiger partial charge >= 0.3 is 0 Å². The Balaban J connectivity index is 1.86. The molecule has 5 rings (SSSR count). The van der Waals surface area contributed by atoms with Crippen molar-refractivity contribution in [2.24, 2.45) is 5.89 Å². The number of methoxy groups -OCH3 is 1. The summed E-state index contributed by atoms with van der Waals surface area (Å²) in [5, 5.41) is 0. The number of carbonyl (C=O) groups excluding carboxylic acids is 1. The molecule has 1 aromatic carbocycles.